The van der Waals surface area contributed by atoms with E-state index in [1.54, 1.807) is 7.05 Å². The number of alkyl halides is 2. The Morgan fingerprint density at radius 1 is 1.21 bits per heavy atom. The van der Waals surface area contributed by atoms with E-state index in [0.717, 1.165) is 6.07 Å². The second-order valence-electron chi connectivity index (χ2n) is 4.57. The summed E-state index contributed by atoms with van der Waals surface area (Å²) in [5.41, 5.74) is 0.108. The number of rotatable bonds is 6. The third kappa shape index (κ3) is 3.94. The molecular formula is C15H13F2N3O4. The molecule has 1 amide bonds. The number of halogens is 2. The minimum atomic E-state index is -3.05. The van der Waals surface area contributed by atoms with Crippen molar-refractivity contribution in [2.75, 3.05) is 17.7 Å². The Hall–Kier alpha value is -3.23. The second kappa shape index (κ2) is 7.36. The van der Waals surface area contributed by atoms with Crippen LogP contribution in [0.4, 0.5) is 25.8 Å². The number of carbonyl (C=O) groups is 1. The second-order valence-corrected chi connectivity index (χ2v) is 4.57. The van der Waals surface area contributed by atoms with Gasteiger partial charge in [0.05, 0.1) is 16.2 Å². The Labute approximate surface area is 135 Å². The van der Waals surface area contributed by atoms with E-state index in [2.05, 4.69) is 15.4 Å². The summed E-state index contributed by atoms with van der Waals surface area (Å²) in [4.78, 5) is 22.6. The SMILES string of the molecule is CNc1ccc([N+](=O)[O-])cc1C(=O)Nc1ccccc1OC(F)F. The first kappa shape index (κ1) is 17.1. The topological polar surface area (TPSA) is 93.5 Å². The first-order valence-corrected chi connectivity index (χ1v) is 6.73. The third-order valence-corrected chi connectivity index (χ3v) is 3.08. The average Bonchev–Trinajstić information content (AvgIpc) is 2.55. The highest BCUT2D eigenvalue weighted by Gasteiger charge is 2.18. The van der Waals surface area contributed by atoms with Gasteiger partial charge in [-0.05, 0) is 18.2 Å². The molecule has 2 rings (SSSR count). The van der Waals surface area contributed by atoms with Gasteiger partial charge in [-0.1, -0.05) is 12.1 Å². The van der Waals surface area contributed by atoms with Gasteiger partial charge in [0.2, 0.25) is 0 Å². The summed E-state index contributed by atoms with van der Waals surface area (Å²) in [5.74, 6) is -0.911. The van der Waals surface area contributed by atoms with E-state index in [4.69, 9.17) is 0 Å². The first-order chi connectivity index (χ1) is 11.4. The summed E-state index contributed by atoms with van der Waals surface area (Å²) < 4.78 is 29.1. The first-order valence-electron chi connectivity index (χ1n) is 6.73. The molecule has 0 atom stereocenters. The van der Waals surface area contributed by atoms with Gasteiger partial charge < -0.3 is 15.4 Å². The maximum Gasteiger partial charge on any atom is 0.387 e. The number of carbonyl (C=O) groups excluding carboxylic acids is 1. The molecule has 0 unspecified atom stereocenters. The fraction of sp³-hybridized carbons (Fsp3) is 0.133. The maximum atomic E-state index is 12.4. The molecule has 0 fully saturated rings. The molecule has 2 N–H and O–H groups in total. The van der Waals surface area contributed by atoms with Crippen molar-refractivity contribution in [3.05, 3.63) is 58.1 Å². The minimum absolute atomic E-state index is 0.00134. The van der Waals surface area contributed by atoms with Gasteiger partial charge in [-0.2, -0.15) is 8.78 Å². The molecule has 0 aliphatic heterocycles. The van der Waals surface area contributed by atoms with Crippen molar-refractivity contribution in [2.24, 2.45) is 0 Å². The third-order valence-electron chi connectivity index (χ3n) is 3.08. The van der Waals surface area contributed by atoms with Crippen molar-refractivity contribution < 1.29 is 23.2 Å². The predicted octanol–water partition coefficient (Wildman–Crippen LogP) is 3.49. The summed E-state index contributed by atoms with van der Waals surface area (Å²) in [6.45, 7) is -3.05. The van der Waals surface area contributed by atoms with Crippen LogP contribution in [0.3, 0.4) is 0 Å². The quantitative estimate of drug-likeness (QED) is 0.622. The van der Waals surface area contributed by atoms with Crippen LogP contribution in [0.15, 0.2) is 42.5 Å². The Bertz CT molecular complexity index is 768. The van der Waals surface area contributed by atoms with Gasteiger partial charge in [0, 0.05) is 24.9 Å². The van der Waals surface area contributed by atoms with E-state index in [1.807, 2.05) is 0 Å². The number of anilines is 2. The Kier molecular flexibility index (Phi) is 5.25. The summed E-state index contributed by atoms with van der Waals surface area (Å²) >= 11 is 0. The minimum Gasteiger partial charge on any atom is -0.433 e. The normalized spacial score (nSPS) is 10.3. The van der Waals surface area contributed by atoms with Gasteiger partial charge >= 0.3 is 6.61 Å². The summed E-state index contributed by atoms with van der Waals surface area (Å²) in [6.07, 6.45) is 0. The molecule has 0 aliphatic carbocycles. The van der Waals surface area contributed by atoms with E-state index >= 15 is 0 Å². The van der Waals surface area contributed by atoms with Gasteiger partial charge in [0.1, 0.15) is 5.75 Å². The van der Waals surface area contributed by atoms with Crippen molar-refractivity contribution in [3.63, 3.8) is 0 Å². The van der Waals surface area contributed by atoms with Gasteiger partial charge in [0.25, 0.3) is 11.6 Å². The van der Waals surface area contributed by atoms with Gasteiger partial charge in [-0.15, -0.1) is 0 Å². The number of hydrogen-bond acceptors (Lipinski definition) is 5. The van der Waals surface area contributed by atoms with Crippen LogP contribution in [0.1, 0.15) is 10.4 Å². The standard InChI is InChI=1S/C15H13F2N3O4/c1-18-11-7-6-9(20(22)23)8-10(11)14(21)19-12-4-2-3-5-13(12)24-15(16)17/h2-8,15,18H,1H3,(H,19,21). The van der Waals surface area contributed by atoms with Crippen molar-refractivity contribution in [1.29, 1.82) is 0 Å². The molecule has 0 aliphatic rings. The van der Waals surface area contributed by atoms with E-state index in [1.165, 1.54) is 36.4 Å². The van der Waals surface area contributed by atoms with Crippen LogP contribution in [-0.2, 0) is 0 Å². The molecule has 0 radical (unpaired) electrons. The Morgan fingerprint density at radius 2 is 1.92 bits per heavy atom. The lowest BCUT2D eigenvalue weighted by molar-refractivity contribution is -0.384. The Morgan fingerprint density at radius 3 is 2.54 bits per heavy atom. The average molecular weight is 337 g/mol. The number of hydrogen-bond donors (Lipinski definition) is 2. The largest absolute Gasteiger partial charge is 0.433 e. The molecule has 2 aromatic rings. The van der Waals surface area contributed by atoms with Gasteiger partial charge in [0.15, 0.2) is 0 Å². The molecule has 0 spiro atoms. The summed E-state index contributed by atoms with van der Waals surface area (Å²) in [6, 6.07) is 9.38. The van der Waals surface area contributed by atoms with Crippen LogP contribution in [0.25, 0.3) is 0 Å². The molecule has 7 nitrogen and oxygen atoms in total. The molecule has 0 aromatic heterocycles. The fourth-order valence-electron chi connectivity index (χ4n) is 2.01. The maximum absolute atomic E-state index is 12.4. The molecule has 24 heavy (non-hydrogen) atoms. The number of amides is 1. The van der Waals surface area contributed by atoms with Crippen molar-refractivity contribution in [1.82, 2.24) is 0 Å². The number of nitrogens with zero attached hydrogens (tertiary/aromatic N) is 1. The lowest BCUT2D eigenvalue weighted by Gasteiger charge is -2.13. The van der Waals surface area contributed by atoms with Crippen LogP contribution in [0.2, 0.25) is 0 Å². The Balaban J connectivity index is 2.33. The highest BCUT2D eigenvalue weighted by Crippen LogP contribution is 2.28. The molecule has 0 saturated carbocycles. The zero-order chi connectivity index (χ0) is 17.7. The monoisotopic (exact) mass is 337 g/mol. The molecule has 2 aromatic carbocycles. The number of benzene rings is 2. The van der Waals surface area contributed by atoms with Crippen LogP contribution >= 0.6 is 0 Å². The molecule has 0 heterocycles. The van der Waals surface area contributed by atoms with Crippen LogP contribution in [0, 0.1) is 10.1 Å². The number of nitro groups is 1. The lowest BCUT2D eigenvalue weighted by Crippen LogP contribution is -2.15. The smallest absolute Gasteiger partial charge is 0.387 e. The van der Waals surface area contributed by atoms with E-state index < -0.39 is 17.4 Å². The van der Waals surface area contributed by atoms with Gasteiger partial charge in [-0.3, -0.25) is 14.9 Å². The fourth-order valence-corrected chi connectivity index (χ4v) is 2.01. The van der Waals surface area contributed by atoms with E-state index in [0.29, 0.717) is 5.69 Å². The van der Waals surface area contributed by atoms with Crippen LogP contribution in [0.5, 0.6) is 5.75 Å². The zero-order valence-electron chi connectivity index (χ0n) is 12.5. The zero-order valence-corrected chi connectivity index (χ0v) is 12.5. The number of nitrogens with one attached hydrogen (secondary N) is 2. The molecule has 126 valence electrons. The highest BCUT2D eigenvalue weighted by molar-refractivity contribution is 6.09. The van der Waals surface area contributed by atoms with Crippen molar-refractivity contribution >= 4 is 23.0 Å². The number of nitro benzene ring substituents is 1. The summed E-state index contributed by atoms with van der Waals surface area (Å²) in [5, 5.41) is 16.0. The molecule has 0 saturated heterocycles. The van der Waals surface area contributed by atoms with E-state index in [-0.39, 0.29) is 22.7 Å². The summed E-state index contributed by atoms with van der Waals surface area (Å²) in [7, 11) is 1.55. The molecule has 0 bridgehead atoms. The number of para-hydroxylation sites is 2. The van der Waals surface area contributed by atoms with Crippen molar-refractivity contribution in [3.8, 4) is 5.75 Å². The lowest BCUT2D eigenvalue weighted by atomic mass is 10.1. The van der Waals surface area contributed by atoms with E-state index in [9.17, 15) is 23.7 Å². The van der Waals surface area contributed by atoms with Gasteiger partial charge in [-0.25, -0.2) is 0 Å². The highest BCUT2D eigenvalue weighted by atomic mass is 19.3. The number of ether oxygens (including phenoxy) is 1. The van der Waals surface area contributed by atoms with Crippen molar-refractivity contribution in [2.45, 2.75) is 6.61 Å². The van der Waals surface area contributed by atoms with Crippen LogP contribution in [-0.4, -0.2) is 24.5 Å². The molecular weight excluding hydrogens is 324 g/mol. The number of non-ortho nitro benzene ring substituents is 1. The molecule has 9 heteroatoms. The van der Waals surface area contributed by atoms with Crippen LogP contribution < -0.4 is 15.4 Å². The predicted molar refractivity (Wildman–Crippen MR) is 83.7 cm³/mol.